The number of carbonyl (C=O) groups is 1. The summed E-state index contributed by atoms with van der Waals surface area (Å²) >= 11 is 0. The average molecular weight is 230 g/mol. The zero-order valence-corrected chi connectivity index (χ0v) is 9.78. The SMILES string of the molecule is O=C(O)C1(CCCCCCO)CCOCC1. The molecule has 0 saturated carbocycles. The number of unbranched alkanes of at least 4 members (excludes halogenated alkanes) is 3. The van der Waals surface area contributed by atoms with Crippen molar-refractivity contribution in [1.82, 2.24) is 0 Å². The summed E-state index contributed by atoms with van der Waals surface area (Å²) in [4.78, 5) is 11.3. The molecule has 16 heavy (non-hydrogen) atoms. The van der Waals surface area contributed by atoms with Crippen molar-refractivity contribution >= 4 is 5.97 Å². The van der Waals surface area contributed by atoms with Crippen LogP contribution in [0.3, 0.4) is 0 Å². The molecule has 0 bridgehead atoms. The molecule has 1 rings (SSSR count). The number of hydrogen-bond acceptors (Lipinski definition) is 3. The number of aliphatic hydroxyl groups is 1. The van der Waals surface area contributed by atoms with E-state index in [0.717, 1.165) is 32.1 Å². The van der Waals surface area contributed by atoms with E-state index in [1.54, 1.807) is 0 Å². The van der Waals surface area contributed by atoms with Gasteiger partial charge < -0.3 is 14.9 Å². The van der Waals surface area contributed by atoms with Crippen LogP contribution in [0, 0.1) is 5.41 Å². The summed E-state index contributed by atoms with van der Waals surface area (Å²) in [7, 11) is 0. The Morgan fingerprint density at radius 3 is 2.31 bits per heavy atom. The van der Waals surface area contributed by atoms with Crippen LogP contribution < -0.4 is 0 Å². The van der Waals surface area contributed by atoms with Crippen LogP contribution in [0.15, 0.2) is 0 Å². The van der Waals surface area contributed by atoms with Gasteiger partial charge in [-0.2, -0.15) is 0 Å². The molecule has 0 aliphatic carbocycles. The largest absolute Gasteiger partial charge is 0.481 e. The Kier molecular flexibility index (Phi) is 5.77. The molecule has 1 heterocycles. The minimum absolute atomic E-state index is 0.234. The summed E-state index contributed by atoms with van der Waals surface area (Å²) in [6.07, 6.45) is 5.79. The highest BCUT2D eigenvalue weighted by molar-refractivity contribution is 5.74. The predicted molar refractivity (Wildman–Crippen MR) is 60.3 cm³/mol. The molecular weight excluding hydrogens is 208 g/mol. The van der Waals surface area contributed by atoms with Gasteiger partial charge in [-0.1, -0.05) is 19.3 Å². The van der Waals surface area contributed by atoms with Gasteiger partial charge in [0.05, 0.1) is 5.41 Å². The van der Waals surface area contributed by atoms with Crippen LogP contribution >= 0.6 is 0 Å². The first-order valence-corrected chi connectivity index (χ1v) is 6.13. The topological polar surface area (TPSA) is 66.8 Å². The maximum Gasteiger partial charge on any atom is 0.309 e. The lowest BCUT2D eigenvalue weighted by Gasteiger charge is -2.33. The van der Waals surface area contributed by atoms with E-state index in [9.17, 15) is 9.90 Å². The molecule has 2 N–H and O–H groups in total. The van der Waals surface area contributed by atoms with Crippen molar-refractivity contribution < 1.29 is 19.7 Å². The standard InChI is InChI=1S/C12H22O4/c13-8-4-2-1-3-5-12(11(14)15)6-9-16-10-7-12/h13H,1-10H2,(H,14,15). The summed E-state index contributed by atoms with van der Waals surface area (Å²) in [5.74, 6) is -0.669. The van der Waals surface area contributed by atoms with Gasteiger partial charge in [0.15, 0.2) is 0 Å². The highest BCUT2D eigenvalue weighted by Crippen LogP contribution is 2.36. The lowest BCUT2D eigenvalue weighted by atomic mass is 9.76. The molecule has 94 valence electrons. The van der Waals surface area contributed by atoms with Gasteiger partial charge >= 0.3 is 5.97 Å². The molecule has 0 aromatic heterocycles. The van der Waals surface area contributed by atoms with Gasteiger partial charge in [-0.3, -0.25) is 4.79 Å². The lowest BCUT2D eigenvalue weighted by Crippen LogP contribution is -2.37. The van der Waals surface area contributed by atoms with E-state index in [0.29, 0.717) is 26.1 Å². The maximum atomic E-state index is 11.3. The molecule has 0 amide bonds. The van der Waals surface area contributed by atoms with Gasteiger partial charge in [0.25, 0.3) is 0 Å². The van der Waals surface area contributed by atoms with Crippen molar-refractivity contribution in [3.05, 3.63) is 0 Å². The third kappa shape index (κ3) is 3.76. The van der Waals surface area contributed by atoms with Crippen LogP contribution in [0.1, 0.15) is 44.9 Å². The van der Waals surface area contributed by atoms with Crippen LogP contribution in [-0.2, 0) is 9.53 Å². The summed E-state index contributed by atoms with van der Waals surface area (Å²) in [5, 5.41) is 17.9. The van der Waals surface area contributed by atoms with E-state index >= 15 is 0 Å². The maximum absolute atomic E-state index is 11.3. The Morgan fingerprint density at radius 1 is 1.12 bits per heavy atom. The summed E-state index contributed by atoms with van der Waals surface area (Å²) in [6, 6.07) is 0. The van der Waals surface area contributed by atoms with Gasteiger partial charge in [0.1, 0.15) is 0 Å². The fraction of sp³-hybridized carbons (Fsp3) is 0.917. The average Bonchev–Trinajstić information content (AvgIpc) is 2.30. The Labute approximate surface area is 96.6 Å². The van der Waals surface area contributed by atoms with Gasteiger partial charge in [-0.15, -0.1) is 0 Å². The molecule has 0 unspecified atom stereocenters. The van der Waals surface area contributed by atoms with Crippen molar-refractivity contribution in [1.29, 1.82) is 0 Å². The first-order chi connectivity index (χ1) is 7.71. The predicted octanol–water partition coefficient (Wildman–Crippen LogP) is 1.81. The number of carboxylic acids is 1. The smallest absolute Gasteiger partial charge is 0.309 e. The van der Waals surface area contributed by atoms with Gasteiger partial charge in [-0.05, 0) is 25.7 Å². The second-order valence-electron chi connectivity index (χ2n) is 4.59. The van der Waals surface area contributed by atoms with Crippen LogP contribution in [0.25, 0.3) is 0 Å². The second kappa shape index (κ2) is 6.86. The minimum atomic E-state index is -0.669. The zero-order chi connectivity index (χ0) is 11.9. The molecule has 1 aliphatic rings. The van der Waals surface area contributed by atoms with E-state index in [1.807, 2.05) is 0 Å². The fourth-order valence-electron chi connectivity index (χ4n) is 2.26. The highest BCUT2D eigenvalue weighted by Gasteiger charge is 2.39. The van der Waals surface area contributed by atoms with E-state index in [4.69, 9.17) is 9.84 Å². The second-order valence-corrected chi connectivity index (χ2v) is 4.59. The molecule has 0 radical (unpaired) electrons. The van der Waals surface area contributed by atoms with E-state index < -0.39 is 11.4 Å². The number of aliphatic carboxylic acids is 1. The third-order valence-corrected chi connectivity index (χ3v) is 3.47. The number of ether oxygens (including phenoxy) is 1. The van der Waals surface area contributed by atoms with Crippen molar-refractivity contribution in [2.75, 3.05) is 19.8 Å². The van der Waals surface area contributed by atoms with Gasteiger partial charge in [-0.25, -0.2) is 0 Å². The molecule has 0 atom stereocenters. The summed E-state index contributed by atoms with van der Waals surface area (Å²) in [6.45, 7) is 1.38. The fourth-order valence-corrected chi connectivity index (χ4v) is 2.26. The minimum Gasteiger partial charge on any atom is -0.481 e. The van der Waals surface area contributed by atoms with E-state index in [-0.39, 0.29) is 6.61 Å². The molecular formula is C12H22O4. The van der Waals surface area contributed by atoms with Crippen LogP contribution in [0.2, 0.25) is 0 Å². The number of rotatable bonds is 7. The Bertz CT molecular complexity index is 209. The Hall–Kier alpha value is -0.610. The monoisotopic (exact) mass is 230 g/mol. The van der Waals surface area contributed by atoms with Crippen LogP contribution in [0.4, 0.5) is 0 Å². The first-order valence-electron chi connectivity index (χ1n) is 6.13. The normalized spacial score (nSPS) is 19.6. The quantitative estimate of drug-likeness (QED) is 0.655. The van der Waals surface area contributed by atoms with E-state index in [1.165, 1.54) is 0 Å². The molecule has 1 fully saturated rings. The summed E-state index contributed by atoms with van der Waals surface area (Å²) < 4.78 is 5.22. The molecule has 0 aromatic carbocycles. The molecule has 1 aliphatic heterocycles. The van der Waals surface area contributed by atoms with Gasteiger partial charge in [0, 0.05) is 19.8 Å². The van der Waals surface area contributed by atoms with Crippen LogP contribution in [0.5, 0.6) is 0 Å². The molecule has 1 saturated heterocycles. The molecule has 4 heteroatoms. The van der Waals surface area contributed by atoms with E-state index in [2.05, 4.69) is 0 Å². The van der Waals surface area contributed by atoms with Crippen molar-refractivity contribution in [3.63, 3.8) is 0 Å². The molecule has 0 aromatic rings. The number of hydrogen-bond donors (Lipinski definition) is 2. The van der Waals surface area contributed by atoms with Crippen molar-refractivity contribution in [2.24, 2.45) is 5.41 Å². The highest BCUT2D eigenvalue weighted by atomic mass is 16.5. The number of aliphatic hydroxyl groups excluding tert-OH is 1. The Morgan fingerprint density at radius 2 is 1.75 bits per heavy atom. The molecule has 0 spiro atoms. The molecule has 4 nitrogen and oxygen atoms in total. The first kappa shape index (κ1) is 13.5. The number of carboxylic acid groups (broad SMARTS) is 1. The lowest BCUT2D eigenvalue weighted by molar-refractivity contribution is -0.155. The zero-order valence-electron chi connectivity index (χ0n) is 9.78. The Balaban J connectivity index is 2.30. The van der Waals surface area contributed by atoms with Crippen molar-refractivity contribution in [2.45, 2.75) is 44.9 Å². The van der Waals surface area contributed by atoms with Crippen molar-refractivity contribution in [3.8, 4) is 0 Å². The van der Waals surface area contributed by atoms with Crippen LogP contribution in [-0.4, -0.2) is 36.0 Å². The summed E-state index contributed by atoms with van der Waals surface area (Å²) in [5.41, 5.74) is -0.544. The van der Waals surface area contributed by atoms with Gasteiger partial charge in [0.2, 0.25) is 0 Å². The third-order valence-electron chi connectivity index (χ3n) is 3.47.